The molecule has 0 aliphatic carbocycles. The molecule has 2 aromatic carbocycles. The number of rotatable bonds is 4. The molecule has 0 radical (unpaired) electrons. The van der Waals surface area contributed by atoms with E-state index in [-0.39, 0.29) is 21.3 Å². The maximum atomic E-state index is 13.0. The molecular weight excluding hydrogens is 382 g/mol. The van der Waals surface area contributed by atoms with E-state index in [1.165, 1.54) is 24.3 Å². The van der Waals surface area contributed by atoms with Gasteiger partial charge in [0.05, 0.1) is 5.56 Å². The molecule has 0 saturated heterocycles. The second kappa shape index (κ2) is 7.81. The molecular formula is C19H19N3O5S. The highest BCUT2D eigenvalue weighted by molar-refractivity contribution is 7.90. The lowest BCUT2D eigenvalue weighted by Gasteiger charge is -2.24. The fraction of sp³-hybridized carbons (Fsp3) is 0.211. The van der Waals surface area contributed by atoms with E-state index < -0.39 is 28.0 Å². The van der Waals surface area contributed by atoms with Crippen LogP contribution in [0.2, 0.25) is 0 Å². The zero-order valence-corrected chi connectivity index (χ0v) is 16.0. The number of nitrogens with zero attached hydrogens (tertiary/aromatic N) is 2. The van der Waals surface area contributed by atoms with Gasteiger partial charge in [0, 0.05) is 12.2 Å². The topological polar surface area (TPSA) is 104 Å². The number of sulfonamides is 1. The first-order valence-corrected chi connectivity index (χ1v) is 10.2. The number of urea groups is 2. The van der Waals surface area contributed by atoms with Crippen molar-refractivity contribution in [2.45, 2.75) is 24.7 Å². The number of amides is 5. The van der Waals surface area contributed by atoms with Crippen molar-refractivity contribution in [1.29, 1.82) is 0 Å². The third-order valence-electron chi connectivity index (χ3n) is 4.23. The summed E-state index contributed by atoms with van der Waals surface area (Å²) in [5.41, 5.74) is 0.357. The Morgan fingerprint density at radius 1 is 1.04 bits per heavy atom. The van der Waals surface area contributed by atoms with Gasteiger partial charge in [-0.2, -0.15) is 0 Å². The molecule has 3 rings (SSSR count). The Labute approximate surface area is 162 Å². The van der Waals surface area contributed by atoms with E-state index in [0.29, 0.717) is 18.5 Å². The summed E-state index contributed by atoms with van der Waals surface area (Å²) in [6.45, 7) is 1.84. The van der Waals surface area contributed by atoms with Gasteiger partial charge in [-0.3, -0.25) is 4.79 Å². The molecule has 1 aliphatic heterocycles. The number of carbonyl (C=O) groups is 3. The maximum absolute atomic E-state index is 13.0. The van der Waals surface area contributed by atoms with Crippen molar-refractivity contribution in [3.8, 4) is 0 Å². The zero-order valence-electron chi connectivity index (χ0n) is 15.2. The average molecular weight is 401 g/mol. The predicted molar refractivity (Wildman–Crippen MR) is 102 cm³/mol. The molecule has 2 aromatic rings. The summed E-state index contributed by atoms with van der Waals surface area (Å²) in [6, 6.07) is 12.0. The second-order valence-corrected chi connectivity index (χ2v) is 7.91. The molecule has 0 aromatic heterocycles. The molecule has 5 amide bonds. The molecule has 28 heavy (non-hydrogen) atoms. The minimum Gasteiger partial charge on any atom is -0.307 e. The van der Waals surface area contributed by atoms with Crippen LogP contribution < -0.4 is 5.32 Å². The Balaban J connectivity index is 1.92. The molecule has 1 heterocycles. The third kappa shape index (κ3) is 3.48. The summed E-state index contributed by atoms with van der Waals surface area (Å²) < 4.78 is 25.6. The summed E-state index contributed by atoms with van der Waals surface area (Å²) in [5.74, 6) is -0.963. The van der Waals surface area contributed by atoms with Crippen LogP contribution >= 0.6 is 0 Å². The van der Waals surface area contributed by atoms with Gasteiger partial charge in [-0.15, -0.1) is 4.31 Å². The highest BCUT2D eigenvalue weighted by atomic mass is 32.2. The average Bonchev–Trinajstić information content (AvgIpc) is 2.89. The SMILES string of the molecule is CCCCN(C(=O)Nc1ccccc1)C(=O)N1C(=O)c2ccccc2S1(=O)=O. The Morgan fingerprint density at radius 2 is 1.68 bits per heavy atom. The number of hydrogen-bond acceptors (Lipinski definition) is 5. The van der Waals surface area contributed by atoms with Crippen molar-refractivity contribution in [3.05, 3.63) is 60.2 Å². The largest absolute Gasteiger partial charge is 0.349 e. The Hall–Kier alpha value is -3.20. The molecule has 0 unspecified atom stereocenters. The van der Waals surface area contributed by atoms with Crippen LogP contribution in [0.5, 0.6) is 0 Å². The summed E-state index contributed by atoms with van der Waals surface area (Å²) in [5, 5.41) is 2.55. The van der Waals surface area contributed by atoms with Crippen LogP contribution in [0.4, 0.5) is 15.3 Å². The van der Waals surface area contributed by atoms with Crippen LogP contribution in [0, 0.1) is 0 Å². The fourth-order valence-electron chi connectivity index (χ4n) is 2.80. The van der Waals surface area contributed by atoms with E-state index in [4.69, 9.17) is 0 Å². The van der Waals surface area contributed by atoms with E-state index in [1.807, 2.05) is 6.92 Å². The minimum atomic E-state index is -4.36. The zero-order chi connectivity index (χ0) is 20.3. The quantitative estimate of drug-likeness (QED) is 0.847. The van der Waals surface area contributed by atoms with Gasteiger partial charge < -0.3 is 5.32 Å². The second-order valence-electron chi connectivity index (χ2n) is 6.15. The van der Waals surface area contributed by atoms with Crippen molar-refractivity contribution in [2.24, 2.45) is 0 Å². The number of benzene rings is 2. The summed E-state index contributed by atoms with van der Waals surface area (Å²) >= 11 is 0. The van der Waals surface area contributed by atoms with Gasteiger partial charge in [0.2, 0.25) is 0 Å². The van der Waals surface area contributed by atoms with Crippen molar-refractivity contribution in [3.63, 3.8) is 0 Å². The van der Waals surface area contributed by atoms with E-state index in [9.17, 15) is 22.8 Å². The molecule has 0 bridgehead atoms. The lowest BCUT2D eigenvalue weighted by atomic mass is 10.2. The first-order chi connectivity index (χ1) is 13.4. The molecule has 9 heteroatoms. The first-order valence-electron chi connectivity index (χ1n) is 8.74. The summed E-state index contributed by atoms with van der Waals surface area (Å²) in [6.07, 6.45) is 1.13. The smallest absolute Gasteiger partial charge is 0.307 e. The number of imide groups is 2. The number of hydrogen-bond donors (Lipinski definition) is 1. The van der Waals surface area contributed by atoms with Crippen molar-refractivity contribution >= 4 is 33.7 Å². The van der Waals surface area contributed by atoms with Gasteiger partial charge in [-0.05, 0) is 30.7 Å². The van der Waals surface area contributed by atoms with Crippen LogP contribution in [0.15, 0.2) is 59.5 Å². The van der Waals surface area contributed by atoms with Gasteiger partial charge in [0.25, 0.3) is 15.9 Å². The number of anilines is 1. The van der Waals surface area contributed by atoms with Crippen LogP contribution in [0.25, 0.3) is 0 Å². The Kier molecular flexibility index (Phi) is 5.46. The lowest BCUT2D eigenvalue weighted by Crippen LogP contribution is -2.50. The standard InChI is InChI=1S/C19H19N3O5S/c1-2-3-13-21(18(24)20-14-9-5-4-6-10-14)19(25)22-17(23)15-11-7-8-12-16(15)28(22,26)27/h4-12H,2-3,13H2,1H3,(H,20,24). The molecule has 0 saturated carbocycles. The Morgan fingerprint density at radius 3 is 2.32 bits per heavy atom. The van der Waals surface area contributed by atoms with E-state index in [1.54, 1.807) is 30.3 Å². The van der Waals surface area contributed by atoms with Crippen molar-refractivity contribution in [1.82, 2.24) is 9.21 Å². The molecule has 0 fully saturated rings. The number of nitrogens with one attached hydrogen (secondary N) is 1. The highest BCUT2D eigenvalue weighted by Gasteiger charge is 2.47. The lowest BCUT2D eigenvalue weighted by molar-refractivity contribution is 0.0878. The van der Waals surface area contributed by atoms with Gasteiger partial charge in [-0.1, -0.05) is 43.7 Å². The number of para-hydroxylation sites is 1. The predicted octanol–water partition coefficient (Wildman–Crippen LogP) is 3.29. The molecule has 146 valence electrons. The number of fused-ring (bicyclic) bond motifs is 1. The third-order valence-corrected chi connectivity index (χ3v) is 5.94. The Bertz CT molecular complexity index is 1020. The van der Waals surface area contributed by atoms with Gasteiger partial charge >= 0.3 is 12.1 Å². The fourth-order valence-corrected chi connectivity index (χ4v) is 4.30. The number of unbranched alkanes of at least 4 members (excludes halogenated alkanes) is 1. The van der Waals surface area contributed by atoms with Crippen molar-refractivity contribution in [2.75, 3.05) is 11.9 Å². The number of carbonyl (C=O) groups excluding carboxylic acids is 3. The first kappa shape index (κ1) is 19.6. The molecule has 0 spiro atoms. The minimum absolute atomic E-state index is 0.0242. The van der Waals surface area contributed by atoms with Crippen LogP contribution in [-0.2, 0) is 10.0 Å². The van der Waals surface area contributed by atoms with E-state index in [2.05, 4.69) is 5.32 Å². The van der Waals surface area contributed by atoms with Gasteiger partial charge in [0.15, 0.2) is 0 Å². The molecule has 0 atom stereocenters. The maximum Gasteiger partial charge on any atom is 0.349 e. The van der Waals surface area contributed by atoms with Crippen LogP contribution in [0.1, 0.15) is 30.1 Å². The molecule has 1 aliphatic rings. The van der Waals surface area contributed by atoms with Gasteiger partial charge in [0.1, 0.15) is 4.90 Å². The van der Waals surface area contributed by atoms with E-state index in [0.717, 1.165) is 4.90 Å². The van der Waals surface area contributed by atoms with Gasteiger partial charge in [-0.25, -0.2) is 22.9 Å². The summed E-state index contributed by atoms with van der Waals surface area (Å²) in [7, 11) is -4.36. The normalized spacial score (nSPS) is 14.5. The van der Waals surface area contributed by atoms with Crippen LogP contribution in [0.3, 0.4) is 0 Å². The highest BCUT2D eigenvalue weighted by Crippen LogP contribution is 2.31. The molecule has 8 nitrogen and oxygen atoms in total. The van der Waals surface area contributed by atoms with Crippen molar-refractivity contribution < 1.29 is 22.8 Å². The van der Waals surface area contributed by atoms with Crippen LogP contribution in [-0.4, -0.2) is 42.1 Å². The summed E-state index contributed by atoms with van der Waals surface area (Å²) in [4.78, 5) is 38.7. The molecule has 1 N–H and O–H groups in total. The van der Waals surface area contributed by atoms with E-state index >= 15 is 0 Å². The monoisotopic (exact) mass is 401 g/mol.